The molecule has 82 valence electrons. The Morgan fingerprint density at radius 1 is 1.20 bits per heavy atom. The summed E-state index contributed by atoms with van der Waals surface area (Å²) in [6.45, 7) is 6.75. The van der Waals surface area contributed by atoms with Crippen molar-refractivity contribution in [3.63, 3.8) is 0 Å². The van der Waals surface area contributed by atoms with E-state index in [0.717, 1.165) is 5.92 Å². The molecule has 0 fully saturated rings. The first kappa shape index (κ1) is 12.0. The lowest BCUT2D eigenvalue weighted by atomic mass is 9.97. The van der Waals surface area contributed by atoms with Crippen LogP contribution in [0.1, 0.15) is 44.7 Å². The number of unbranched alkanes of at least 4 members (excludes halogenated alkanes) is 1. The van der Waals surface area contributed by atoms with Gasteiger partial charge in [-0.25, -0.2) is 0 Å². The van der Waals surface area contributed by atoms with Crippen molar-refractivity contribution in [3.05, 3.63) is 41.5 Å². The fourth-order valence-corrected chi connectivity index (χ4v) is 1.70. The van der Waals surface area contributed by atoms with Crippen molar-refractivity contribution in [2.75, 3.05) is 0 Å². The summed E-state index contributed by atoms with van der Waals surface area (Å²) in [6, 6.07) is 8.71. The maximum Gasteiger partial charge on any atom is -0.0228 e. The molecule has 1 aromatic rings. The minimum atomic E-state index is 0.728. The number of benzene rings is 1. The summed E-state index contributed by atoms with van der Waals surface area (Å²) in [5.41, 5.74) is 2.86. The van der Waals surface area contributed by atoms with Crippen molar-refractivity contribution in [2.45, 2.75) is 40.0 Å². The van der Waals surface area contributed by atoms with Gasteiger partial charge in [0.15, 0.2) is 0 Å². The lowest BCUT2D eigenvalue weighted by molar-refractivity contribution is 0.646. The summed E-state index contributed by atoms with van der Waals surface area (Å²) >= 11 is 0. The molecule has 0 nitrogen and oxygen atoms in total. The zero-order valence-electron chi connectivity index (χ0n) is 10.2. The SMILES string of the molecule is CCC/C=C/c1ccccc1CC(C)C. The number of allylic oxidation sites excluding steroid dienone is 1. The van der Waals surface area contributed by atoms with Gasteiger partial charge in [-0.05, 0) is 29.9 Å². The molecular formula is C15H22. The second kappa shape index (κ2) is 6.44. The first-order valence-corrected chi connectivity index (χ1v) is 5.98. The zero-order chi connectivity index (χ0) is 11.1. The molecule has 0 N–H and O–H groups in total. The Bertz CT molecular complexity index is 308. The van der Waals surface area contributed by atoms with Crippen LogP contribution >= 0.6 is 0 Å². The number of hydrogen-bond donors (Lipinski definition) is 0. The van der Waals surface area contributed by atoms with E-state index in [0.29, 0.717) is 0 Å². The molecule has 0 unspecified atom stereocenters. The molecule has 0 atom stereocenters. The Labute approximate surface area is 94.0 Å². The Balaban J connectivity index is 2.76. The first-order valence-electron chi connectivity index (χ1n) is 5.98. The molecule has 1 rings (SSSR count). The molecule has 0 aliphatic rings. The van der Waals surface area contributed by atoms with Crippen LogP contribution < -0.4 is 0 Å². The molecule has 0 heterocycles. The van der Waals surface area contributed by atoms with Crippen LogP contribution in [0.2, 0.25) is 0 Å². The highest BCUT2D eigenvalue weighted by Crippen LogP contribution is 2.15. The molecule has 0 aliphatic heterocycles. The highest BCUT2D eigenvalue weighted by atomic mass is 14.1. The van der Waals surface area contributed by atoms with Gasteiger partial charge in [0.05, 0.1) is 0 Å². The minimum absolute atomic E-state index is 0.728. The van der Waals surface area contributed by atoms with E-state index in [-0.39, 0.29) is 0 Å². The van der Waals surface area contributed by atoms with E-state index < -0.39 is 0 Å². The van der Waals surface area contributed by atoms with Gasteiger partial charge in [-0.1, -0.05) is 63.6 Å². The Morgan fingerprint density at radius 3 is 2.60 bits per heavy atom. The quantitative estimate of drug-likeness (QED) is 0.649. The highest BCUT2D eigenvalue weighted by molar-refractivity contribution is 5.53. The molecule has 0 bridgehead atoms. The molecule has 0 saturated carbocycles. The third kappa shape index (κ3) is 4.33. The summed E-state index contributed by atoms with van der Waals surface area (Å²) in [4.78, 5) is 0. The van der Waals surface area contributed by atoms with Gasteiger partial charge in [-0.3, -0.25) is 0 Å². The molecule has 0 aliphatic carbocycles. The Hall–Kier alpha value is -1.04. The van der Waals surface area contributed by atoms with Gasteiger partial charge in [-0.2, -0.15) is 0 Å². The van der Waals surface area contributed by atoms with Crippen molar-refractivity contribution < 1.29 is 0 Å². The zero-order valence-corrected chi connectivity index (χ0v) is 10.2. The van der Waals surface area contributed by atoms with Crippen molar-refractivity contribution in [1.29, 1.82) is 0 Å². The number of hydrogen-bond acceptors (Lipinski definition) is 0. The van der Waals surface area contributed by atoms with Gasteiger partial charge in [-0.15, -0.1) is 0 Å². The van der Waals surface area contributed by atoms with Crippen LogP contribution in [0, 0.1) is 5.92 Å². The predicted molar refractivity (Wildman–Crippen MR) is 68.9 cm³/mol. The third-order valence-electron chi connectivity index (χ3n) is 2.44. The summed E-state index contributed by atoms with van der Waals surface area (Å²) in [6.07, 6.45) is 8.12. The normalized spacial score (nSPS) is 11.5. The Kier molecular flexibility index (Phi) is 5.17. The molecule has 0 spiro atoms. The summed E-state index contributed by atoms with van der Waals surface area (Å²) in [5, 5.41) is 0. The molecule has 0 radical (unpaired) electrons. The smallest absolute Gasteiger partial charge is 0.0228 e. The monoisotopic (exact) mass is 202 g/mol. The van der Waals surface area contributed by atoms with E-state index in [1.165, 1.54) is 30.4 Å². The van der Waals surface area contributed by atoms with Crippen LogP contribution in [0.25, 0.3) is 6.08 Å². The van der Waals surface area contributed by atoms with Crippen molar-refractivity contribution in [3.8, 4) is 0 Å². The largest absolute Gasteiger partial charge is 0.0839 e. The molecule has 1 aromatic carbocycles. The van der Waals surface area contributed by atoms with E-state index >= 15 is 0 Å². The van der Waals surface area contributed by atoms with Gasteiger partial charge in [0.2, 0.25) is 0 Å². The van der Waals surface area contributed by atoms with Gasteiger partial charge in [0.1, 0.15) is 0 Å². The first-order chi connectivity index (χ1) is 7.24. The van der Waals surface area contributed by atoms with Crippen LogP contribution in [-0.2, 0) is 6.42 Å². The lowest BCUT2D eigenvalue weighted by Gasteiger charge is -2.08. The molecule has 0 amide bonds. The maximum absolute atomic E-state index is 2.28. The highest BCUT2D eigenvalue weighted by Gasteiger charge is 2.00. The van der Waals surface area contributed by atoms with Gasteiger partial charge >= 0.3 is 0 Å². The second-order valence-corrected chi connectivity index (χ2v) is 4.49. The van der Waals surface area contributed by atoms with Crippen LogP contribution in [0.5, 0.6) is 0 Å². The molecule has 0 heteroatoms. The van der Waals surface area contributed by atoms with Crippen LogP contribution in [0.3, 0.4) is 0 Å². The molecular weight excluding hydrogens is 180 g/mol. The van der Waals surface area contributed by atoms with E-state index in [9.17, 15) is 0 Å². The fourth-order valence-electron chi connectivity index (χ4n) is 1.70. The van der Waals surface area contributed by atoms with Crippen LogP contribution in [0.4, 0.5) is 0 Å². The average Bonchev–Trinajstić information content (AvgIpc) is 2.20. The van der Waals surface area contributed by atoms with Crippen LogP contribution in [0.15, 0.2) is 30.3 Å². The second-order valence-electron chi connectivity index (χ2n) is 4.49. The average molecular weight is 202 g/mol. The summed E-state index contributed by atoms with van der Waals surface area (Å²) in [7, 11) is 0. The summed E-state index contributed by atoms with van der Waals surface area (Å²) < 4.78 is 0. The standard InChI is InChI=1S/C15H22/c1-4-5-6-9-14-10-7-8-11-15(14)12-13(2)3/h6-11,13H,4-5,12H2,1-3H3/b9-6+. The fraction of sp³-hybridized carbons (Fsp3) is 0.467. The summed E-state index contributed by atoms with van der Waals surface area (Å²) in [5.74, 6) is 0.728. The molecule has 0 aromatic heterocycles. The van der Waals surface area contributed by atoms with Crippen molar-refractivity contribution in [1.82, 2.24) is 0 Å². The topological polar surface area (TPSA) is 0 Å². The van der Waals surface area contributed by atoms with Crippen LogP contribution in [-0.4, -0.2) is 0 Å². The molecule has 0 saturated heterocycles. The van der Waals surface area contributed by atoms with Gasteiger partial charge in [0, 0.05) is 0 Å². The van der Waals surface area contributed by atoms with E-state index in [1.54, 1.807) is 0 Å². The van der Waals surface area contributed by atoms with Crippen molar-refractivity contribution >= 4 is 6.08 Å². The molecule has 15 heavy (non-hydrogen) atoms. The van der Waals surface area contributed by atoms with E-state index in [1.807, 2.05) is 0 Å². The van der Waals surface area contributed by atoms with E-state index in [4.69, 9.17) is 0 Å². The van der Waals surface area contributed by atoms with Gasteiger partial charge < -0.3 is 0 Å². The third-order valence-corrected chi connectivity index (χ3v) is 2.44. The maximum atomic E-state index is 2.28. The predicted octanol–water partition coefficient (Wildman–Crippen LogP) is 4.70. The minimum Gasteiger partial charge on any atom is -0.0839 e. The van der Waals surface area contributed by atoms with Crippen molar-refractivity contribution in [2.24, 2.45) is 5.92 Å². The van der Waals surface area contributed by atoms with E-state index in [2.05, 4.69) is 57.2 Å². The Morgan fingerprint density at radius 2 is 1.93 bits per heavy atom. The lowest BCUT2D eigenvalue weighted by Crippen LogP contribution is -1.96. The number of rotatable bonds is 5. The van der Waals surface area contributed by atoms with Gasteiger partial charge in [0.25, 0.3) is 0 Å².